The second kappa shape index (κ2) is 7.71. The third-order valence-corrected chi connectivity index (χ3v) is 3.65. The van der Waals surface area contributed by atoms with Gasteiger partial charge in [-0.2, -0.15) is 16.7 Å². The molecule has 0 saturated carbocycles. The highest BCUT2D eigenvalue weighted by atomic mass is 32.2. The molecule has 0 unspecified atom stereocenters. The number of aromatic nitrogens is 2. The summed E-state index contributed by atoms with van der Waals surface area (Å²) in [5, 5.41) is 12.9. The van der Waals surface area contributed by atoms with Crippen LogP contribution in [0.2, 0.25) is 0 Å². The maximum atomic E-state index is 8.89. The Hall–Kier alpha value is -0.550. The van der Waals surface area contributed by atoms with E-state index in [1.165, 1.54) is 0 Å². The van der Waals surface area contributed by atoms with Crippen LogP contribution in [-0.4, -0.2) is 27.6 Å². The quantitative estimate of drug-likeness (QED) is 0.776. The Morgan fingerprint density at radius 2 is 2.12 bits per heavy atom. The van der Waals surface area contributed by atoms with Gasteiger partial charge in [-0.15, -0.1) is 0 Å². The number of hydrogen-bond donors (Lipinski definition) is 1. The number of hydrogen-bond acceptors (Lipinski definition) is 5. The predicted octanol–water partition coefficient (Wildman–Crippen LogP) is 2.52. The van der Waals surface area contributed by atoms with Crippen LogP contribution in [0.25, 0.3) is 0 Å². The van der Waals surface area contributed by atoms with Crippen molar-refractivity contribution in [3.8, 4) is 0 Å². The SMILES string of the molecule is CC(C)CCc1noc(CSC[C@@H](C)CO)n1. The summed E-state index contributed by atoms with van der Waals surface area (Å²) < 4.78 is 5.17. The largest absolute Gasteiger partial charge is 0.396 e. The Labute approximate surface area is 107 Å². The van der Waals surface area contributed by atoms with Crippen LogP contribution >= 0.6 is 11.8 Å². The number of nitrogens with zero attached hydrogens (tertiary/aromatic N) is 2. The Bertz CT molecular complexity index is 315. The molecule has 1 N–H and O–H groups in total. The minimum atomic E-state index is 0.233. The van der Waals surface area contributed by atoms with Crippen LogP contribution in [0, 0.1) is 11.8 Å². The third kappa shape index (κ3) is 6.07. The molecule has 1 aromatic heterocycles. The van der Waals surface area contributed by atoms with Gasteiger partial charge in [0.15, 0.2) is 5.82 Å². The molecule has 0 radical (unpaired) electrons. The maximum Gasteiger partial charge on any atom is 0.236 e. The van der Waals surface area contributed by atoms with Gasteiger partial charge in [0.05, 0.1) is 5.75 Å². The Morgan fingerprint density at radius 1 is 1.35 bits per heavy atom. The normalized spacial score (nSPS) is 13.2. The molecular weight excluding hydrogens is 236 g/mol. The number of aliphatic hydroxyl groups excluding tert-OH is 1. The highest BCUT2D eigenvalue weighted by molar-refractivity contribution is 7.98. The summed E-state index contributed by atoms with van der Waals surface area (Å²) >= 11 is 1.72. The molecule has 17 heavy (non-hydrogen) atoms. The topological polar surface area (TPSA) is 59.2 Å². The molecule has 0 spiro atoms. The second-order valence-electron chi connectivity index (χ2n) is 4.84. The van der Waals surface area contributed by atoms with Gasteiger partial charge in [0.25, 0.3) is 0 Å². The molecule has 0 bridgehead atoms. The molecule has 4 nitrogen and oxygen atoms in total. The molecule has 0 fully saturated rings. The van der Waals surface area contributed by atoms with Crippen molar-refractivity contribution in [3.05, 3.63) is 11.7 Å². The van der Waals surface area contributed by atoms with Crippen LogP contribution < -0.4 is 0 Å². The minimum absolute atomic E-state index is 0.233. The van der Waals surface area contributed by atoms with E-state index in [1.807, 2.05) is 6.92 Å². The van der Waals surface area contributed by atoms with E-state index in [0.29, 0.717) is 17.7 Å². The highest BCUT2D eigenvalue weighted by Crippen LogP contribution is 2.14. The first-order chi connectivity index (χ1) is 8.11. The number of aliphatic hydroxyl groups is 1. The van der Waals surface area contributed by atoms with Crippen LogP contribution in [0.4, 0.5) is 0 Å². The molecule has 0 amide bonds. The van der Waals surface area contributed by atoms with E-state index >= 15 is 0 Å². The van der Waals surface area contributed by atoms with Crippen LogP contribution in [0.3, 0.4) is 0 Å². The van der Waals surface area contributed by atoms with Crippen molar-refractivity contribution >= 4 is 11.8 Å². The fourth-order valence-corrected chi connectivity index (χ4v) is 2.19. The summed E-state index contributed by atoms with van der Waals surface area (Å²) in [6, 6.07) is 0. The smallest absolute Gasteiger partial charge is 0.236 e. The molecule has 5 heteroatoms. The lowest BCUT2D eigenvalue weighted by Gasteiger charge is -2.04. The van der Waals surface area contributed by atoms with Gasteiger partial charge in [-0.3, -0.25) is 0 Å². The predicted molar refractivity (Wildman–Crippen MR) is 69.9 cm³/mol. The van der Waals surface area contributed by atoms with Gasteiger partial charge in [0, 0.05) is 13.0 Å². The molecule has 0 aliphatic rings. The van der Waals surface area contributed by atoms with Crippen LogP contribution in [0.5, 0.6) is 0 Å². The van der Waals surface area contributed by atoms with E-state index in [-0.39, 0.29) is 6.61 Å². The van der Waals surface area contributed by atoms with Crippen molar-refractivity contribution in [1.82, 2.24) is 10.1 Å². The number of thioether (sulfide) groups is 1. The first kappa shape index (κ1) is 14.5. The summed E-state index contributed by atoms with van der Waals surface area (Å²) in [4.78, 5) is 4.34. The van der Waals surface area contributed by atoms with Crippen LogP contribution in [0.1, 0.15) is 38.9 Å². The van der Waals surface area contributed by atoms with Gasteiger partial charge in [-0.1, -0.05) is 25.9 Å². The molecule has 0 saturated heterocycles. The molecule has 1 aromatic rings. The van der Waals surface area contributed by atoms with E-state index in [0.717, 1.165) is 30.2 Å². The fraction of sp³-hybridized carbons (Fsp3) is 0.833. The summed E-state index contributed by atoms with van der Waals surface area (Å²) in [5.74, 6) is 4.14. The Morgan fingerprint density at radius 3 is 2.76 bits per heavy atom. The lowest BCUT2D eigenvalue weighted by Crippen LogP contribution is -2.03. The van der Waals surface area contributed by atoms with E-state index in [9.17, 15) is 0 Å². The standard InChI is InChI=1S/C12H22N2O2S/c1-9(2)4-5-11-13-12(16-14-11)8-17-7-10(3)6-15/h9-10,15H,4-8H2,1-3H3/t10-/m0/s1. The van der Waals surface area contributed by atoms with Crippen molar-refractivity contribution in [2.45, 2.75) is 39.4 Å². The summed E-state index contributed by atoms with van der Waals surface area (Å²) in [7, 11) is 0. The number of aryl methyl sites for hydroxylation is 1. The summed E-state index contributed by atoms with van der Waals surface area (Å²) in [5.41, 5.74) is 0. The molecule has 0 aromatic carbocycles. The Kier molecular flexibility index (Phi) is 6.58. The van der Waals surface area contributed by atoms with Crippen molar-refractivity contribution in [3.63, 3.8) is 0 Å². The van der Waals surface area contributed by atoms with Gasteiger partial charge < -0.3 is 9.63 Å². The monoisotopic (exact) mass is 258 g/mol. The van der Waals surface area contributed by atoms with Gasteiger partial charge in [0.1, 0.15) is 0 Å². The molecule has 0 aliphatic heterocycles. The second-order valence-corrected chi connectivity index (χ2v) is 5.87. The average molecular weight is 258 g/mol. The van der Waals surface area contributed by atoms with E-state index in [2.05, 4.69) is 24.0 Å². The zero-order chi connectivity index (χ0) is 12.7. The van der Waals surface area contributed by atoms with Gasteiger partial charge in [0.2, 0.25) is 5.89 Å². The molecular formula is C12H22N2O2S. The Balaban J connectivity index is 2.25. The van der Waals surface area contributed by atoms with E-state index < -0.39 is 0 Å². The van der Waals surface area contributed by atoms with Crippen molar-refractivity contribution < 1.29 is 9.63 Å². The van der Waals surface area contributed by atoms with Crippen molar-refractivity contribution in [2.24, 2.45) is 11.8 Å². The average Bonchev–Trinajstić information content (AvgIpc) is 2.74. The lowest BCUT2D eigenvalue weighted by molar-refractivity contribution is 0.250. The molecule has 1 rings (SSSR count). The zero-order valence-corrected chi connectivity index (χ0v) is 11.7. The van der Waals surface area contributed by atoms with Crippen LogP contribution in [0.15, 0.2) is 4.52 Å². The molecule has 1 heterocycles. The summed E-state index contributed by atoms with van der Waals surface area (Å²) in [6.45, 7) is 6.63. The van der Waals surface area contributed by atoms with Gasteiger partial charge >= 0.3 is 0 Å². The van der Waals surface area contributed by atoms with Gasteiger partial charge in [-0.25, -0.2) is 0 Å². The molecule has 0 aliphatic carbocycles. The molecule has 1 atom stereocenters. The van der Waals surface area contributed by atoms with Crippen molar-refractivity contribution in [1.29, 1.82) is 0 Å². The number of rotatable bonds is 8. The summed E-state index contributed by atoms with van der Waals surface area (Å²) in [6.07, 6.45) is 1.98. The fourth-order valence-electron chi connectivity index (χ4n) is 1.27. The minimum Gasteiger partial charge on any atom is -0.396 e. The van der Waals surface area contributed by atoms with Crippen molar-refractivity contribution in [2.75, 3.05) is 12.4 Å². The lowest BCUT2D eigenvalue weighted by atomic mass is 10.1. The zero-order valence-electron chi connectivity index (χ0n) is 10.8. The molecule has 98 valence electrons. The third-order valence-electron chi connectivity index (χ3n) is 2.40. The van der Waals surface area contributed by atoms with E-state index in [4.69, 9.17) is 9.63 Å². The first-order valence-corrected chi connectivity index (χ1v) is 7.27. The van der Waals surface area contributed by atoms with E-state index in [1.54, 1.807) is 11.8 Å². The van der Waals surface area contributed by atoms with Gasteiger partial charge in [-0.05, 0) is 24.0 Å². The maximum absolute atomic E-state index is 8.89. The van der Waals surface area contributed by atoms with Crippen LogP contribution in [-0.2, 0) is 12.2 Å². The first-order valence-electron chi connectivity index (χ1n) is 6.11. The highest BCUT2D eigenvalue weighted by Gasteiger charge is 2.08.